The van der Waals surface area contributed by atoms with E-state index in [1.807, 2.05) is 5.51 Å². The molecule has 0 aromatic carbocycles. The number of halogens is 1. The summed E-state index contributed by atoms with van der Waals surface area (Å²) < 4.78 is 0. The summed E-state index contributed by atoms with van der Waals surface area (Å²) in [6.07, 6.45) is 6.31. The van der Waals surface area contributed by atoms with Crippen LogP contribution >= 0.6 is 22.9 Å². The van der Waals surface area contributed by atoms with Crippen molar-refractivity contribution in [1.82, 2.24) is 4.98 Å². The first kappa shape index (κ1) is 9.47. The number of alkyl halides is 1. The van der Waals surface area contributed by atoms with Gasteiger partial charge in [0.1, 0.15) is 0 Å². The third-order valence-corrected chi connectivity index (χ3v) is 3.89. The second-order valence-electron chi connectivity index (χ2n) is 3.67. The molecule has 2 rings (SSSR count). The SMILES string of the molecule is ClC1CCCCCC1c1cscn1. The standard InChI is InChI=1S/C10H14ClNS/c11-9-5-3-1-2-4-8(9)10-6-13-7-12-10/h6-9H,1-5H2. The van der Waals surface area contributed by atoms with E-state index in [0.29, 0.717) is 11.3 Å². The summed E-state index contributed by atoms with van der Waals surface area (Å²) in [5.41, 5.74) is 3.12. The molecule has 0 bridgehead atoms. The van der Waals surface area contributed by atoms with Gasteiger partial charge in [0.2, 0.25) is 0 Å². The van der Waals surface area contributed by atoms with Crippen molar-refractivity contribution in [2.45, 2.75) is 43.4 Å². The van der Waals surface area contributed by atoms with Gasteiger partial charge in [-0.25, -0.2) is 4.98 Å². The van der Waals surface area contributed by atoms with Gasteiger partial charge in [0.05, 0.1) is 11.2 Å². The number of hydrogen-bond donors (Lipinski definition) is 0. The summed E-state index contributed by atoms with van der Waals surface area (Å²) in [6, 6.07) is 0. The van der Waals surface area contributed by atoms with Crippen molar-refractivity contribution in [3.05, 3.63) is 16.6 Å². The molecule has 1 aromatic rings. The first-order valence-corrected chi connectivity index (χ1v) is 6.28. The van der Waals surface area contributed by atoms with Crippen LogP contribution in [-0.2, 0) is 0 Å². The van der Waals surface area contributed by atoms with Crippen LogP contribution in [0.5, 0.6) is 0 Å². The molecule has 0 amide bonds. The average molecular weight is 216 g/mol. The molecule has 0 radical (unpaired) electrons. The maximum atomic E-state index is 6.34. The molecule has 1 saturated carbocycles. The van der Waals surface area contributed by atoms with Crippen LogP contribution < -0.4 is 0 Å². The zero-order chi connectivity index (χ0) is 9.10. The number of rotatable bonds is 1. The predicted molar refractivity (Wildman–Crippen MR) is 57.6 cm³/mol. The Morgan fingerprint density at radius 1 is 1.31 bits per heavy atom. The van der Waals surface area contributed by atoms with E-state index < -0.39 is 0 Å². The average Bonchev–Trinajstić information content (AvgIpc) is 2.56. The van der Waals surface area contributed by atoms with Crippen LogP contribution in [0.4, 0.5) is 0 Å². The van der Waals surface area contributed by atoms with Crippen molar-refractivity contribution in [2.24, 2.45) is 0 Å². The van der Waals surface area contributed by atoms with Crippen LogP contribution in [0.1, 0.15) is 43.7 Å². The van der Waals surface area contributed by atoms with Crippen molar-refractivity contribution in [3.8, 4) is 0 Å². The van der Waals surface area contributed by atoms with Gasteiger partial charge in [-0.15, -0.1) is 22.9 Å². The fourth-order valence-corrected chi connectivity index (χ4v) is 3.03. The van der Waals surface area contributed by atoms with Gasteiger partial charge in [0.15, 0.2) is 0 Å². The molecule has 0 aliphatic heterocycles. The lowest BCUT2D eigenvalue weighted by atomic mass is 9.97. The van der Waals surface area contributed by atoms with Crippen molar-refractivity contribution in [1.29, 1.82) is 0 Å². The minimum atomic E-state index is 0.310. The molecule has 1 aliphatic rings. The highest BCUT2D eigenvalue weighted by atomic mass is 35.5. The third-order valence-electron chi connectivity index (χ3n) is 2.76. The first-order valence-electron chi connectivity index (χ1n) is 4.90. The summed E-state index contributed by atoms with van der Waals surface area (Å²) in [5, 5.41) is 2.45. The van der Waals surface area contributed by atoms with Crippen molar-refractivity contribution in [2.75, 3.05) is 0 Å². The molecule has 1 aromatic heterocycles. The van der Waals surface area contributed by atoms with Gasteiger partial charge in [0, 0.05) is 16.7 Å². The van der Waals surface area contributed by atoms with E-state index in [4.69, 9.17) is 11.6 Å². The molecule has 1 aliphatic carbocycles. The minimum absolute atomic E-state index is 0.310. The van der Waals surface area contributed by atoms with Gasteiger partial charge in [0.25, 0.3) is 0 Å². The fourth-order valence-electron chi connectivity index (χ4n) is 2.00. The van der Waals surface area contributed by atoms with Gasteiger partial charge in [-0.1, -0.05) is 19.3 Å². The fraction of sp³-hybridized carbons (Fsp3) is 0.700. The molecule has 13 heavy (non-hydrogen) atoms. The number of nitrogens with zero attached hydrogens (tertiary/aromatic N) is 1. The summed E-state index contributed by atoms with van der Waals surface area (Å²) in [4.78, 5) is 4.37. The normalized spacial score (nSPS) is 29.9. The van der Waals surface area contributed by atoms with Crippen LogP contribution in [0, 0.1) is 0 Å². The molecule has 0 spiro atoms. The van der Waals surface area contributed by atoms with E-state index in [0.717, 1.165) is 6.42 Å². The lowest BCUT2D eigenvalue weighted by Crippen LogP contribution is -2.11. The molecule has 0 saturated heterocycles. The Morgan fingerprint density at radius 3 is 2.92 bits per heavy atom. The monoisotopic (exact) mass is 215 g/mol. The number of thiazole rings is 1. The topological polar surface area (TPSA) is 12.9 Å². The lowest BCUT2D eigenvalue weighted by molar-refractivity contribution is 0.588. The Kier molecular flexibility index (Phi) is 3.23. The third kappa shape index (κ3) is 2.23. The molecular formula is C10H14ClNS. The Balaban J connectivity index is 2.11. The second-order valence-corrected chi connectivity index (χ2v) is 4.95. The molecule has 3 heteroatoms. The quantitative estimate of drug-likeness (QED) is 0.513. The van der Waals surface area contributed by atoms with Crippen LogP contribution in [0.2, 0.25) is 0 Å². The van der Waals surface area contributed by atoms with E-state index >= 15 is 0 Å². The van der Waals surface area contributed by atoms with E-state index in [9.17, 15) is 0 Å². The Hall–Kier alpha value is -0.0800. The summed E-state index contributed by atoms with van der Waals surface area (Å²) in [7, 11) is 0. The number of aromatic nitrogens is 1. The molecule has 72 valence electrons. The minimum Gasteiger partial charge on any atom is -0.249 e. The maximum absolute atomic E-state index is 6.34. The lowest BCUT2D eigenvalue weighted by Gasteiger charge is -2.16. The first-order chi connectivity index (χ1) is 6.38. The number of hydrogen-bond acceptors (Lipinski definition) is 2. The van der Waals surface area contributed by atoms with E-state index in [1.165, 1.54) is 31.4 Å². The van der Waals surface area contributed by atoms with Crippen LogP contribution in [-0.4, -0.2) is 10.4 Å². The molecule has 2 unspecified atom stereocenters. The van der Waals surface area contributed by atoms with Gasteiger partial charge >= 0.3 is 0 Å². The zero-order valence-electron chi connectivity index (χ0n) is 7.58. The molecule has 0 N–H and O–H groups in total. The molecule has 1 heterocycles. The highest BCUT2D eigenvalue weighted by molar-refractivity contribution is 7.07. The summed E-state index contributed by atoms with van der Waals surface area (Å²) in [6.45, 7) is 0. The second kappa shape index (κ2) is 4.43. The van der Waals surface area contributed by atoms with Gasteiger partial charge in [-0.2, -0.15) is 0 Å². The largest absolute Gasteiger partial charge is 0.249 e. The van der Waals surface area contributed by atoms with Gasteiger partial charge in [-0.3, -0.25) is 0 Å². The van der Waals surface area contributed by atoms with E-state index in [2.05, 4.69) is 10.4 Å². The molecule has 1 fully saturated rings. The Bertz CT molecular complexity index is 247. The smallest absolute Gasteiger partial charge is 0.0794 e. The molecule has 2 atom stereocenters. The van der Waals surface area contributed by atoms with Crippen LogP contribution in [0.3, 0.4) is 0 Å². The summed E-state index contributed by atoms with van der Waals surface area (Å²) in [5.74, 6) is 0.510. The Labute approximate surface area is 88.1 Å². The van der Waals surface area contributed by atoms with Crippen molar-refractivity contribution >= 4 is 22.9 Å². The highest BCUT2D eigenvalue weighted by Gasteiger charge is 2.24. The van der Waals surface area contributed by atoms with E-state index in [1.54, 1.807) is 11.3 Å². The molecular weight excluding hydrogens is 202 g/mol. The zero-order valence-corrected chi connectivity index (χ0v) is 9.15. The maximum Gasteiger partial charge on any atom is 0.0794 e. The highest BCUT2D eigenvalue weighted by Crippen LogP contribution is 2.34. The predicted octanol–water partition coefficient (Wildman–Crippen LogP) is 3.80. The van der Waals surface area contributed by atoms with Crippen LogP contribution in [0.15, 0.2) is 10.9 Å². The Morgan fingerprint density at radius 2 is 2.15 bits per heavy atom. The molecule has 1 nitrogen and oxygen atoms in total. The van der Waals surface area contributed by atoms with Crippen LogP contribution in [0.25, 0.3) is 0 Å². The van der Waals surface area contributed by atoms with E-state index in [-0.39, 0.29) is 0 Å². The van der Waals surface area contributed by atoms with Gasteiger partial charge < -0.3 is 0 Å². The van der Waals surface area contributed by atoms with Gasteiger partial charge in [-0.05, 0) is 12.8 Å². The van der Waals surface area contributed by atoms with Crippen molar-refractivity contribution < 1.29 is 0 Å². The van der Waals surface area contributed by atoms with Crippen molar-refractivity contribution in [3.63, 3.8) is 0 Å². The summed E-state index contributed by atoms with van der Waals surface area (Å²) >= 11 is 8.02.